The highest BCUT2D eigenvalue weighted by atomic mass is 79.9. The smallest absolute Gasteiger partial charge is 0.158 e. The number of aromatic nitrogens is 4. The molecule has 110 valence electrons. The SMILES string of the molecule is Cc1cnn(-c2cc(N/N=C\c3ccc(Br)cc3)ncn2)c1. The lowest BCUT2D eigenvalue weighted by Gasteiger charge is -2.02. The molecule has 0 unspecified atom stereocenters. The third kappa shape index (κ3) is 3.56. The van der Waals surface area contributed by atoms with Gasteiger partial charge in [-0.2, -0.15) is 10.2 Å². The van der Waals surface area contributed by atoms with Gasteiger partial charge in [-0.3, -0.25) is 5.43 Å². The highest BCUT2D eigenvalue weighted by Crippen LogP contribution is 2.10. The van der Waals surface area contributed by atoms with Gasteiger partial charge in [0.2, 0.25) is 0 Å². The van der Waals surface area contributed by atoms with Crippen molar-refractivity contribution >= 4 is 28.0 Å². The van der Waals surface area contributed by atoms with Gasteiger partial charge in [-0.1, -0.05) is 28.1 Å². The van der Waals surface area contributed by atoms with Gasteiger partial charge >= 0.3 is 0 Å². The van der Waals surface area contributed by atoms with Crippen LogP contribution in [-0.4, -0.2) is 26.0 Å². The van der Waals surface area contributed by atoms with Crippen LogP contribution < -0.4 is 5.43 Å². The van der Waals surface area contributed by atoms with Crippen molar-refractivity contribution in [1.29, 1.82) is 0 Å². The molecule has 0 spiro atoms. The Bertz CT molecular complexity index is 794. The zero-order valence-electron chi connectivity index (χ0n) is 11.8. The van der Waals surface area contributed by atoms with E-state index in [1.807, 2.05) is 37.4 Å². The molecule has 0 saturated carbocycles. The standard InChI is InChI=1S/C15H13BrN6/c1-11-7-20-22(9-11)15-6-14(17-10-18-15)21-19-8-12-2-4-13(16)5-3-12/h2-10H,1H3,(H,17,18,21)/b19-8-. The molecular weight excluding hydrogens is 344 g/mol. The summed E-state index contributed by atoms with van der Waals surface area (Å²) in [7, 11) is 0. The van der Waals surface area contributed by atoms with Gasteiger partial charge in [-0.15, -0.1) is 0 Å². The van der Waals surface area contributed by atoms with Crippen LogP contribution in [0, 0.1) is 6.92 Å². The minimum Gasteiger partial charge on any atom is -0.261 e. The largest absolute Gasteiger partial charge is 0.261 e. The Hall–Kier alpha value is -2.54. The number of hydrogen-bond donors (Lipinski definition) is 1. The summed E-state index contributed by atoms with van der Waals surface area (Å²) in [4.78, 5) is 8.32. The molecule has 3 aromatic rings. The van der Waals surface area contributed by atoms with Gasteiger partial charge in [0.05, 0.1) is 12.4 Å². The predicted molar refractivity (Wildman–Crippen MR) is 89.2 cm³/mol. The molecule has 0 saturated heterocycles. The second kappa shape index (κ2) is 6.48. The van der Waals surface area contributed by atoms with Crippen molar-refractivity contribution in [2.24, 2.45) is 5.10 Å². The molecule has 0 aliphatic rings. The topological polar surface area (TPSA) is 68.0 Å². The first-order valence-corrected chi connectivity index (χ1v) is 7.38. The third-order valence-corrected chi connectivity index (χ3v) is 3.39. The highest BCUT2D eigenvalue weighted by Gasteiger charge is 2.01. The summed E-state index contributed by atoms with van der Waals surface area (Å²) in [5.41, 5.74) is 4.95. The van der Waals surface area contributed by atoms with Gasteiger partial charge < -0.3 is 0 Å². The van der Waals surface area contributed by atoms with E-state index in [1.54, 1.807) is 23.2 Å². The maximum atomic E-state index is 4.22. The molecule has 0 radical (unpaired) electrons. The predicted octanol–water partition coefficient (Wildman–Crippen LogP) is 3.18. The van der Waals surface area contributed by atoms with Gasteiger partial charge in [0.25, 0.3) is 0 Å². The van der Waals surface area contributed by atoms with Crippen LogP contribution in [0.4, 0.5) is 5.82 Å². The molecule has 0 bridgehead atoms. The van der Waals surface area contributed by atoms with Crippen LogP contribution in [-0.2, 0) is 0 Å². The van der Waals surface area contributed by atoms with Crippen LogP contribution >= 0.6 is 15.9 Å². The van der Waals surface area contributed by atoms with Crippen LogP contribution in [0.2, 0.25) is 0 Å². The zero-order chi connectivity index (χ0) is 15.4. The van der Waals surface area contributed by atoms with E-state index in [-0.39, 0.29) is 0 Å². The van der Waals surface area contributed by atoms with Gasteiger partial charge in [0.15, 0.2) is 11.6 Å². The summed E-state index contributed by atoms with van der Waals surface area (Å²) in [6, 6.07) is 9.64. The summed E-state index contributed by atoms with van der Waals surface area (Å²) in [5.74, 6) is 1.29. The number of nitrogens with zero attached hydrogens (tertiary/aromatic N) is 5. The van der Waals surface area contributed by atoms with Crippen molar-refractivity contribution in [1.82, 2.24) is 19.7 Å². The molecule has 1 N–H and O–H groups in total. The molecule has 22 heavy (non-hydrogen) atoms. The minimum atomic E-state index is 0.603. The average Bonchev–Trinajstić information content (AvgIpc) is 2.96. The first kappa shape index (κ1) is 14.4. The summed E-state index contributed by atoms with van der Waals surface area (Å²) in [6.07, 6.45) is 6.88. The van der Waals surface area contributed by atoms with Crippen LogP contribution in [0.25, 0.3) is 5.82 Å². The first-order chi connectivity index (χ1) is 10.7. The highest BCUT2D eigenvalue weighted by molar-refractivity contribution is 9.10. The Morgan fingerprint density at radius 2 is 2.05 bits per heavy atom. The van der Waals surface area contributed by atoms with E-state index >= 15 is 0 Å². The molecule has 0 aliphatic heterocycles. The molecule has 7 heteroatoms. The van der Waals surface area contributed by atoms with E-state index in [1.165, 1.54) is 6.33 Å². The lowest BCUT2D eigenvalue weighted by molar-refractivity contribution is 0.839. The monoisotopic (exact) mass is 356 g/mol. The number of hydrogen-bond acceptors (Lipinski definition) is 5. The van der Waals surface area contributed by atoms with Gasteiger partial charge in [0.1, 0.15) is 6.33 Å². The summed E-state index contributed by atoms with van der Waals surface area (Å²) < 4.78 is 2.73. The summed E-state index contributed by atoms with van der Waals surface area (Å²) in [5, 5.41) is 8.39. The van der Waals surface area contributed by atoms with Gasteiger partial charge in [-0.05, 0) is 30.2 Å². The lowest BCUT2D eigenvalue weighted by Crippen LogP contribution is -2.01. The fraction of sp³-hybridized carbons (Fsp3) is 0.0667. The van der Waals surface area contributed by atoms with Crippen molar-refractivity contribution < 1.29 is 0 Å². The van der Waals surface area contributed by atoms with Crippen LogP contribution in [0.15, 0.2) is 58.6 Å². The van der Waals surface area contributed by atoms with E-state index in [0.717, 1.165) is 15.6 Å². The van der Waals surface area contributed by atoms with Crippen LogP contribution in [0.1, 0.15) is 11.1 Å². The number of rotatable bonds is 4. The molecule has 0 atom stereocenters. The van der Waals surface area contributed by atoms with E-state index in [4.69, 9.17) is 0 Å². The number of aryl methyl sites for hydroxylation is 1. The molecule has 2 heterocycles. The number of anilines is 1. The molecular formula is C15H13BrN6. The second-order valence-corrected chi connectivity index (χ2v) is 5.56. The number of halogens is 1. The Morgan fingerprint density at radius 1 is 1.23 bits per heavy atom. The number of nitrogens with one attached hydrogen (secondary N) is 1. The lowest BCUT2D eigenvalue weighted by atomic mass is 10.2. The van der Waals surface area contributed by atoms with Crippen molar-refractivity contribution in [3.8, 4) is 5.82 Å². The molecule has 0 aliphatic carbocycles. The van der Waals surface area contributed by atoms with Crippen LogP contribution in [0.5, 0.6) is 0 Å². The van der Waals surface area contributed by atoms with Crippen molar-refractivity contribution in [3.05, 3.63) is 64.7 Å². The molecule has 0 fully saturated rings. The van der Waals surface area contributed by atoms with Gasteiger partial charge in [-0.25, -0.2) is 14.6 Å². The Kier molecular flexibility index (Phi) is 4.24. The molecule has 0 amide bonds. The van der Waals surface area contributed by atoms with Crippen molar-refractivity contribution in [3.63, 3.8) is 0 Å². The Balaban J connectivity index is 1.71. The Morgan fingerprint density at radius 3 is 2.77 bits per heavy atom. The maximum absolute atomic E-state index is 4.22. The van der Waals surface area contributed by atoms with E-state index in [0.29, 0.717) is 11.6 Å². The van der Waals surface area contributed by atoms with Crippen LogP contribution in [0.3, 0.4) is 0 Å². The van der Waals surface area contributed by atoms with E-state index in [2.05, 4.69) is 41.5 Å². The molecule has 6 nitrogen and oxygen atoms in total. The summed E-state index contributed by atoms with van der Waals surface area (Å²) >= 11 is 3.40. The maximum Gasteiger partial charge on any atom is 0.158 e. The second-order valence-electron chi connectivity index (χ2n) is 4.65. The average molecular weight is 357 g/mol. The third-order valence-electron chi connectivity index (χ3n) is 2.86. The number of hydrazone groups is 1. The number of benzene rings is 1. The summed E-state index contributed by atoms with van der Waals surface area (Å²) in [6.45, 7) is 1.98. The molecule has 1 aromatic carbocycles. The van der Waals surface area contributed by atoms with Crippen molar-refractivity contribution in [2.45, 2.75) is 6.92 Å². The molecule has 3 rings (SSSR count). The molecule has 2 aromatic heterocycles. The zero-order valence-corrected chi connectivity index (χ0v) is 13.4. The quantitative estimate of drug-likeness (QED) is 0.575. The minimum absolute atomic E-state index is 0.603. The van der Waals surface area contributed by atoms with E-state index in [9.17, 15) is 0 Å². The van der Waals surface area contributed by atoms with Gasteiger partial charge in [0, 0.05) is 16.7 Å². The van der Waals surface area contributed by atoms with E-state index < -0.39 is 0 Å². The fourth-order valence-electron chi connectivity index (χ4n) is 1.79. The normalized spacial score (nSPS) is 11.0. The Labute approximate surface area is 136 Å². The first-order valence-electron chi connectivity index (χ1n) is 6.59. The fourth-order valence-corrected chi connectivity index (χ4v) is 2.06. The van der Waals surface area contributed by atoms with Crippen molar-refractivity contribution in [2.75, 3.05) is 5.43 Å².